The van der Waals surface area contributed by atoms with Crippen LogP contribution in [-0.4, -0.2) is 5.91 Å². The topological polar surface area (TPSA) is 29.1 Å². The Kier molecular flexibility index (Phi) is 4.45. The molecule has 0 aromatic heterocycles. The maximum atomic E-state index is 13.6. The second kappa shape index (κ2) is 6.28. The molecule has 0 spiro atoms. The lowest BCUT2D eigenvalue weighted by Gasteiger charge is -2.17. The molecule has 0 saturated carbocycles. The highest BCUT2D eigenvalue weighted by atomic mass is 19.2. The number of rotatable bonds is 4. The lowest BCUT2D eigenvalue weighted by Crippen LogP contribution is -2.29. The monoisotopic (exact) mass is 275 g/mol. The van der Waals surface area contributed by atoms with E-state index in [1.54, 1.807) is 0 Å². The molecule has 2 aromatic rings. The molecule has 1 unspecified atom stereocenters. The fourth-order valence-corrected chi connectivity index (χ4v) is 2.02. The Morgan fingerprint density at radius 1 is 1.10 bits per heavy atom. The Balaban J connectivity index is 2.20. The van der Waals surface area contributed by atoms with E-state index >= 15 is 0 Å². The van der Waals surface area contributed by atoms with Crippen LogP contribution in [0.1, 0.15) is 35.3 Å². The summed E-state index contributed by atoms with van der Waals surface area (Å²) in [5.41, 5.74) is 0.652. The number of halogens is 2. The second-order valence-corrected chi connectivity index (χ2v) is 4.45. The zero-order chi connectivity index (χ0) is 14.5. The largest absolute Gasteiger partial charge is 0.345 e. The smallest absolute Gasteiger partial charge is 0.254 e. The van der Waals surface area contributed by atoms with E-state index in [-0.39, 0.29) is 11.6 Å². The van der Waals surface area contributed by atoms with Crippen LogP contribution in [-0.2, 0) is 0 Å². The van der Waals surface area contributed by atoms with Crippen LogP contribution in [0.3, 0.4) is 0 Å². The summed E-state index contributed by atoms with van der Waals surface area (Å²) in [5.74, 6) is -2.75. The molecule has 20 heavy (non-hydrogen) atoms. The predicted octanol–water partition coefficient (Wildman–Crippen LogP) is 3.85. The van der Waals surface area contributed by atoms with Crippen molar-refractivity contribution in [3.63, 3.8) is 0 Å². The van der Waals surface area contributed by atoms with Gasteiger partial charge in [-0.25, -0.2) is 8.78 Å². The number of hydrogen-bond donors (Lipinski definition) is 1. The van der Waals surface area contributed by atoms with Gasteiger partial charge in [-0.15, -0.1) is 0 Å². The van der Waals surface area contributed by atoms with Gasteiger partial charge in [0, 0.05) is 0 Å². The molecule has 0 aliphatic carbocycles. The van der Waals surface area contributed by atoms with Crippen LogP contribution in [0.5, 0.6) is 0 Å². The second-order valence-electron chi connectivity index (χ2n) is 4.45. The third-order valence-electron chi connectivity index (χ3n) is 3.11. The fraction of sp³-hybridized carbons (Fsp3) is 0.188. The van der Waals surface area contributed by atoms with Crippen molar-refractivity contribution < 1.29 is 13.6 Å². The summed E-state index contributed by atoms with van der Waals surface area (Å²) < 4.78 is 26.7. The van der Waals surface area contributed by atoms with Gasteiger partial charge in [0.15, 0.2) is 11.6 Å². The molecule has 0 bridgehead atoms. The first-order valence-corrected chi connectivity index (χ1v) is 6.43. The zero-order valence-electron chi connectivity index (χ0n) is 11.1. The molecule has 0 aliphatic heterocycles. The normalized spacial score (nSPS) is 11.9. The maximum Gasteiger partial charge on any atom is 0.254 e. The SMILES string of the molecule is CCC(NC(=O)c1cccc(F)c1F)c1ccccc1. The van der Waals surface area contributed by atoms with Crippen molar-refractivity contribution in [2.75, 3.05) is 0 Å². The van der Waals surface area contributed by atoms with E-state index in [1.807, 2.05) is 37.3 Å². The van der Waals surface area contributed by atoms with Crippen LogP contribution in [0, 0.1) is 11.6 Å². The van der Waals surface area contributed by atoms with Gasteiger partial charge < -0.3 is 5.32 Å². The molecular weight excluding hydrogens is 260 g/mol. The molecule has 2 aromatic carbocycles. The molecule has 1 atom stereocenters. The zero-order valence-corrected chi connectivity index (χ0v) is 11.1. The van der Waals surface area contributed by atoms with Gasteiger partial charge in [-0.1, -0.05) is 43.3 Å². The van der Waals surface area contributed by atoms with E-state index in [0.717, 1.165) is 11.6 Å². The van der Waals surface area contributed by atoms with E-state index in [2.05, 4.69) is 5.32 Å². The summed E-state index contributed by atoms with van der Waals surface area (Å²) in [7, 11) is 0. The van der Waals surface area contributed by atoms with E-state index in [1.165, 1.54) is 12.1 Å². The van der Waals surface area contributed by atoms with Crippen molar-refractivity contribution in [3.8, 4) is 0 Å². The lowest BCUT2D eigenvalue weighted by molar-refractivity contribution is 0.0930. The number of hydrogen-bond acceptors (Lipinski definition) is 1. The Morgan fingerprint density at radius 2 is 1.80 bits per heavy atom. The maximum absolute atomic E-state index is 13.6. The van der Waals surface area contributed by atoms with Crippen LogP contribution in [0.15, 0.2) is 48.5 Å². The number of benzene rings is 2. The molecular formula is C16H15F2NO. The highest BCUT2D eigenvalue weighted by molar-refractivity contribution is 5.94. The van der Waals surface area contributed by atoms with E-state index < -0.39 is 17.5 Å². The van der Waals surface area contributed by atoms with Crippen molar-refractivity contribution in [2.24, 2.45) is 0 Å². The van der Waals surface area contributed by atoms with Gasteiger partial charge in [0.25, 0.3) is 5.91 Å². The van der Waals surface area contributed by atoms with Gasteiger partial charge in [0.2, 0.25) is 0 Å². The first-order chi connectivity index (χ1) is 9.63. The van der Waals surface area contributed by atoms with E-state index in [4.69, 9.17) is 0 Å². The van der Waals surface area contributed by atoms with Crippen LogP contribution < -0.4 is 5.32 Å². The Morgan fingerprint density at radius 3 is 2.45 bits per heavy atom. The number of amides is 1. The third kappa shape index (κ3) is 3.02. The van der Waals surface area contributed by atoms with Gasteiger partial charge >= 0.3 is 0 Å². The molecule has 2 rings (SSSR count). The van der Waals surface area contributed by atoms with E-state index in [0.29, 0.717) is 6.42 Å². The van der Waals surface area contributed by atoms with Gasteiger partial charge in [-0.3, -0.25) is 4.79 Å². The van der Waals surface area contributed by atoms with E-state index in [9.17, 15) is 13.6 Å². The summed E-state index contributed by atoms with van der Waals surface area (Å²) in [6.07, 6.45) is 0.659. The molecule has 104 valence electrons. The average molecular weight is 275 g/mol. The van der Waals surface area contributed by atoms with Crippen molar-refractivity contribution >= 4 is 5.91 Å². The molecule has 1 amide bonds. The highest BCUT2D eigenvalue weighted by Gasteiger charge is 2.18. The van der Waals surface area contributed by atoms with Gasteiger partial charge in [-0.2, -0.15) is 0 Å². The summed E-state index contributed by atoms with van der Waals surface area (Å²) in [4.78, 5) is 12.0. The Labute approximate surface area is 116 Å². The molecule has 0 saturated heterocycles. The Hall–Kier alpha value is -2.23. The standard InChI is InChI=1S/C16H15F2NO/c1-2-14(11-7-4-3-5-8-11)19-16(20)12-9-6-10-13(17)15(12)18/h3-10,14H,2H2,1H3,(H,19,20). The third-order valence-corrected chi connectivity index (χ3v) is 3.11. The summed E-state index contributed by atoms with van der Waals surface area (Å²) in [6.45, 7) is 1.92. The molecule has 0 fully saturated rings. The molecule has 0 radical (unpaired) electrons. The molecule has 0 heterocycles. The first-order valence-electron chi connectivity index (χ1n) is 6.43. The van der Waals surface area contributed by atoms with Crippen molar-refractivity contribution in [2.45, 2.75) is 19.4 Å². The first kappa shape index (κ1) is 14.2. The number of nitrogens with one attached hydrogen (secondary N) is 1. The minimum absolute atomic E-state index is 0.230. The van der Waals surface area contributed by atoms with Crippen LogP contribution >= 0.6 is 0 Å². The van der Waals surface area contributed by atoms with Gasteiger partial charge in [0.05, 0.1) is 11.6 Å². The lowest BCUT2D eigenvalue weighted by atomic mass is 10.0. The van der Waals surface area contributed by atoms with Gasteiger partial charge in [-0.05, 0) is 24.1 Å². The predicted molar refractivity (Wildman–Crippen MR) is 73.3 cm³/mol. The van der Waals surface area contributed by atoms with Crippen molar-refractivity contribution in [1.29, 1.82) is 0 Å². The fourth-order valence-electron chi connectivity index (χ4n) is 2.02. The molecule has 0 aliphatic rings. The molecule has 2 nitrogen and oxygen atoms in total. The summed E-state index contributed by atoms with van der Waals surface area (Å²) in [6, 6.07) is 12.7. The summed E-state index contributed by atoms with van der Waals surface area (Å²) >= 11 is 0. The minimum atomic E-state index is -1.12. The highest BCUT2D eigenvalue weighted by Crippen LogP contribution is 2.18. The van der Waals surface area contributed by atoms with Crippen LogP contribution in [0.4, 0.5) is 8.78 Å². The molecule has 1 N–H and O–H groups in total. The van der Waals surface area contributed by atoms with Crippen LogP contribution in [0.2, 0.25) is 0 Å². The van der Waals surface area contributed by atoms with Crippen molar-refractivity contribution in [3.05, 3.63) is 71.3 Å². The number of carbonyl (C=O) groups excluding carboxylic acids is 1. The van der Waals surface area contributed by atoms with Gasteiger partial charge in [0.1, 0.15) is 0 Å². The summed E-state index contributed by atoms with van der Waals surface area (Å²) in [5, 5.41) is 2.72. The van der Waals surface area contributed by atoms with Crippen molar-refractivity contribution in [1.82, 2.24) is 5.32 Å². The quantitative estimate of drug-likeness (QED) is 0.902. The Bertz CT molecular complexity index is 599. The average Bonchev–Trinajstić information content (AvgIpc) is 2.48. The molecule has 4 heteroatoms. The van der Waals surface area contributed by atoms with Crippen LogP contribution in [0.25, 0.3) is 0 Å². The number of carbonyl (C=O) groups is 1. The minimum Gasteiger partial charge on any atom is -0.345 e.